The van der Waals surface area contributed by atoms with Gasteiger partial charge in [0.05, 0.1) is 24.0 Å². The summed E-state index contributed by atoms with van der Waals surface area (Å²) in [6.07, 6.45) is 2.15. The number of methoxy groups -OCH3 is 1. The van der Waals surface area contributed by atoms with Crippen molar-refractivity contribution in [1.29, 1.82) is 0 Å². The van der Waals surface area contributed by atoms with Gasteiger partial charge in [-0.3, -0.25) is 9.67 Å². The van der Waals surface area contributed by atoms with Gasteiger partial charge in [-0.05, 0) is 12.1 Å². The first-order valence-corrected chi connectivity index (χ1v) is 5.37. The summed E-state index contributed by atoms with van der Waals surface area (Å²) in [5, 5.41) is 14.7. The third kappa shape index (κ3) is 2.11. The second kappa shape index (κ2) is 4.73. The fourth-order valence-corrected chi connectivity index (χ4v) is 1.85. The molecule has 2 heterocycles. The standard InChI is InChI=1S/C11H12ClN3O2/c1-15-10(8(17-2)6-14-15)11(16)9-7(12)4-3-5-13-9/h3-6,11,16H,1-2H3. The molecule has 90 valence electrons. The quantitative estimate of drug-likeness (QED) is 0.902. The van der Waals surface area contributed by atoms with Gasteiger partial charge in [0, 0.05) is 13.2 Å². The minimum atomic E-state index is -0.967. The van der Waals surface area contributed by atoms with E-state index in [0.717, 1.165) is 0 Å². The first kappa shape index (κ1) is 11.9. The molecule has 0 fully saturated rings. The van der Waals surface area contributed by atoms with E-state index in [1.54, 1.807) is 25.4 Å². The van der Waals surface area contributed by atoms with Crippen molar-refractivity contribution in [1.82, 2.24) is 14.8 Å². The van der Waals surface area contributed by atoms with Crippen LogP contribution in [0.4, 0.5) is 0 Å². The summed E-state index contributed by atoms with van der Waals surface area (Å²) in [5.74, 6) is 0.502. The van der Waals surface area contributed by atoms with Gasteiger partial charge in [-0.1, -0.05) is 11.6 Å². The highest BCUT2D eigenvalue weighted by Crippen LogP contribution is 2.31. The summed E-state index contributed by atoms with van der Waals surface area (Å²) in [4.78, 5) is 4.07. The number of halogens is 1. The van der Waals surface area contributed by atoms with E-state index in [0.29, 0.717) is 22.2 Å². The molecule has 1 N–H and O–H groups in total. The van der Waals surface area contributed by atoms with Crippen LogP contribution in [0.25, 0.3) is 0 Å². The summed E-state index contributed by atoms with van der Waals surface area (Å²) in [6, 6.07) is 3.38. The molecule has 0 radical (unpaired) electrons. The molecule has 0 saturated carbocycles. The third-order valence-electron chi connectivity index (χ3n) is 2.47. The lowest BCUT2D eigenvalue weighted by Gasteiger charge is -2.13. The average Bonchev–Trinajstić information content (AvgIpc) is 2.70. The normalized spacial score (nSPS) is 12.5. The monoisotopic (exact) mass is 253 g/mol. The first-order valence-electron chi connectivity index (χ1n) is 4.99. The van der Waals surface area contributed by atoms with Gasteiger partial charge in [-0.25, -0.2) is 0 Å². The fourth-order valence-electron chi connectivity index (χ4n) is 1.62. The maximum absolute atomic E-state index is 10.3. The van der Waals surface area contributed by atoms with E-state index in [4.69, 9.17) is 16.3 Å². The molecule has 2 rings (SSSR count). The number of aryl methyl sites for hydroxylation is 1. The third-order valence-corrected chi connectivity index (χ3v) is 2.79. The van der Waals surface area contributed by atoms with E-state index in [1.807, 2.05) is 0 Å². The Bertz CT molecular complexity index is 527. The van der Waals surface area contributed by atoms with Crippen molar-refractivity contribution in [2.45, 2.75) is 6.10 Å². The molecule has 6 heteroatoms. The van der Waals surface area contributed by atoms with E-state index in [1.165, 1.54) is 18.0 Å². The van der Waals surface area contributed by atoms with Gasteiger partial charge in [0.1, 0.15) is 11.8 Å². The van der Waals surface area contributed by atoms with Crippen LogP contribution in [-0.2, 0) is 7.05 Å². The van der Waals surface area contributed by atoms with Crippen molar-refractivity contribution >= 4 is 11.6 Å². The topological polar surface area (TPSA) is 60.2 Å². The maximum Gasteiger partial charge on any atom is 0.163 e. The molecular formula is C11H12ClN3O2. The number of aliphatic hydroxyl groups is 1. The smallest absolute Gasteiger partial charge is 0.163 e. The lowest BCUT2D eigenvalue weighted by Crippen LogP contribution is -2.10. The summed E-state index contributed by atoms with van der Waals surface area (Å²) < 4.78 is 6.67. The van der Waals surface area contributed by atoms with E-state index in [9.17, 15) is 5.11 Å². The summed E-state index contributed by atoms with van der Waals surface area (Å²) in [5.41, 5.74) is 0.907. The fraction of sp³-hybridized carbons (Fsp3) is 0.273. The van der Waals surface area contributed by atoms with E-state index < -0.39 is 6.10 Å². The zero-order chi connectivity index (χ0) is 12.4. The highest BCUT2D eigenvalue weighted by Gasteiger charge is 2.23. The Hall–Kier alpha value is -1.59. The van der Waals surface area contributed by atoms with Crippen LogP contribution < -0.4 is 4.74 Å². The van der Waals surface area contributed by atoms with Gasteiger partial charge >= 0.3 is 0 Å². The zero-order valence-corrected chi connectivity index (χ0v) is 10.2. The second-order valence-corrected chi connectivity index (χ2v) is 3.90. The molecule has 0 aromatic carbocycles. The molecule has 5 nitrogen and oxygen atoms in total. The largest absolute Gasteiger partial charge is 0.493 e. The Morgan fingerprint density at radius 1 is 1.53 bits per heavy atom. The minimum absolute atomic E-state index is 0.385. The number of aromatic nitrogens is 3. The van der Waals surface area contributed by atoms with Crippen LogP contribution >= 0.6 is 11.6 Å². The number of rotatable bonds is 3. The molecule has 0 aliphatic rings. The highest BCUT2D eigenvalue weighted by molar-refractivity contribution is 6.31. The van der Waals surface area contributed by atoms with Crippen LogP contribution in [0.15, 0.2) is 24.5 Å². The summed E-state index contributed by atoms with van der Waals surface area (Å²) in [6.45, 7) is 0. The Kier molecular flexibility index (Phi) is 3.31. The van der Waals surface area contributed by atoms with Gasteiger partial charge in [-0.15, -0.1) is 0 Å². The van der Waals surface area contributed by atoms with E-state index in [-0.39, 0.29) is 0 Å². The Morgan fingerprint density at radius 2 is 2.29 bits per heavy atom. The average molecular weight is 254 g/mol. The van der Waals surface area contributed by atoms with Crippen molar-refractivity contribution < 1.29 is 9.84 Å². The van der Waals surface area contributed by atoms with Crippen LogP contribution in [0.1, 0.15) is 17.5 Å². The van der Waals surface area contributed by atoms with Gasteiger partial charge in [0.15, 0.2) is 5.75 Å². The highest BCUT2D eigenvalue weighted by atomic mass is 35.5. The SMILES string of the molecule is COc1cnn(C)c1C(O)c1ncccc1Cl. The van der Waals surface area contributed by atoms with E-state index in [2.05, 4.69) is 10.1 Å². The van der Waals surface area contributed by atoms with Crippen LogP contribution in [0, 0.1) is 0 Å². The molecule has 0 aliphatic carbocycles. The number of hydrogen-bond donors (Lipinski definition) is 1. The second-order valence-electron chi connectivity index (χ2n) is 3.49. The van der Waals surface area contributed by atoms with Gasteiger partial charge in [0.25, 0.3) is 0 Å². The maximum atomic E-state index is 10.3. The molecule has 1 unspecified atom stereocenters. The van der Waals surface area contributed by atoms with Crippen molar-refractivity contribution in [2.75, 3.05) is 7.11 Å². The number of hydrogen-bond acceptors (Lipinski definition) is 4. The summed E-state index contributed by atoms with van der Waals surface area (Å²) in [7, 11) is 3.24. The van der Waals surface area contributed by atoms with Crippen LogP contribution in [-0.4, -0.2) is 27.0 Å². The van der Waals surface area contributed by atoms with Crippen LogP contribution in [0.3, 0.4) is 0 Å². The predicted molar refractivity (Wildman–Crippen MR) is 63.1 cm³/mol. The lowest BCUT2D eigenvalue weighted by atomic mass is 10.1. The molecular weight excluding hydrogens is 242 g/mol. The molecule has 0 aliphatic heterocycles. The molecule has 0 bridgehead atoms. The van der Waals surface area contributed by atoms with Crippen molar-refractivity contribution in [3.05, 3.63) is 40.9 Å². The Labute approximate surface area is 104 Å². The molecule has 2 aromatic rings. The number of aliphatic hydroxyl groups excluding tert-OH is 1. The zero-order valence-electron chi connectivity index (χ0n) is 9.46. The lowest BCUT2D eigenvalue weighted by molar-refractivity contribution is 0.199. The van der Waals surface area contributed by atoms with Gasteiger partial charge < -0.3 is 9.84 Å². The summed E-state index contributed by atoms with van der Waals surface area (Å²) >= 11 is 5.99. The van der Waals surface area contributed by atoms with Crippen molar-refractivity contribution in [3.63, 3.8) is 0 Å². The molecule has 17 heavy (non-hydrogen) atoms. The Balaban J connectivity index is 2.47. The van der Waals surface area contributed by atoms with Crippen LogP contribution in [0.2, 0.25) is 5.02 Å². The van der Waals surface area contributed by atoms with E-state index >= 15 is 0 Å². The van der Waals surface area contributed by atoms with Gasteiger partial charge in [0.2, 0.25) is 0 Å². The number of ether oxygens (including phenoxy) is 1. The molecule has 0 spiro atoms. The Morgan fingerprint density at radius 3 is 2.94 bits per heavy atom. The molecule has 0 saturated heterocycles. The molecule has 0 amide bonds. The molecule has 2 aromatic heterocycles. The van der Waals surface area contributed by atoms with Crippen molar-refractivity contribution in [3.8, 4) is 5.75 Å². The molecule has 1 atom stereocenters. The number of pyridine rings is 1. The van der Waals surface area contributed by atoms with Crippen molar-refractivity contribution in [2.24, 2.45) is 7.05 Å². The van der Waals surface area contributed by atoms with Gasteiger partial charge in [-0.2, -0.15) is 5.10 Å². The minimum Gasteiger partial charge on any atom is -0.493 e. The number of nitrogens with zero attached hydrogens (tertiary/aromatic N) is 3. The first-order chi connectivity index (χ1) is 8.15. The predicted octanol–water partition coefficient (Wildman–Crippen LogP) is 1.56. The van der Waals surface area contributed by atoms with Crippen LogP contribution in [0.5, 0.6) is 5.75 Å².